The summed E-state index contributed by atoms with van der Waals surface area (Å²) in [5, 5.41) is 1.93. The largest absolute Gasteiger partial charge is 0.367 e. The first-order chi connectivity index (χ1) is 10.3. The van der Waals surface area contributed by atoms with Gasteiger partial charge in [-0.1, -0.05) is 60.7 Å². The molecule has 0 radical (unpaired) electrons. The maximum atomic E-state index is 6.27. The van der Waals surface area contributed by atoms with E-state index in [1.165, 1.54) is 0 Å². The summed E-state index contributed by atoms with van der Waals surface area (Å²) >= 11 is 0. The van der Waals surface area contributed by atoms with Crippen LogP contribution < -0.4 is 5.84 Å². The first kappa shape index (κ1) is 14.3. The van der Waals surface area contributed by atoms with E-state index in [4.69, 9.17) is 10.6 Å². The van der Waals surface area contributed by atoms with Crippen molar-refractivity contribution in [1.29, 1.82) is 0 Å². The van der Waals surface area contributed by atoms with Gasteiger partial charge >= 0.3 is 0 Å². The lowest BCUT2D eigenvalue weighted by atomic mass is 9.79. The second kappa shape index (κ2) is 5.98. The summed E-state index contributed by atoms with van der Waals surface area (Å²) in [6.45, 7) is 0.912. The Morgan fingerprint density at radius 3 is 1.90 bits per heavy atom. The molecule has 1 aliphatic heterocycles. The van der Waals surface area contributed by atoms with Crippen molar-refractivity contribution in [3.63, 3.8) is 0 Å². The van der Waals surface area contributed by atoms with Crippen LogP contribution in [0.15, 0.2) is 60.7 Å². The molecule has 1 heterocycles. The van der Waals surface area contributed by atoms with Crippen molar-refractivity contribution < 1.29 is 4.74 Å². The van der Waals surface area contributed by atoms with Gasteiger partial charge in [-0.25, -0.2) is 5.01 Å². The lowest BCUT2D eigenvalue weighted by molar-refractivity contribution is -0.0424. The Morgan fingerprint density at radius 2 is 1.52 bits per heavy atom. The molecule has 1 fully saturated rings. The minimum Gasteiger partial charge on any atom is -0.367 e. The quantitative estimate of drug-likeness (QED) is 0.876. The standard InChI is InChI=1S/C18H22N2O/c1-21-18(15-9-4-2-5-10-15,16-11-6-3-7-12-16)17-13-8-14-20(17)19/h2-7,9-12,17H,8,13-14,19H2,1H3/t17-/m0/s1. The molecule has 2 aromatic carbocycles. The molecule has 1 aliphatic rings. The van der Waals surface area contributed by atoms with E-state index < -0.39 is 5.60 Å². The zero-order valence-corrected chi connectivity index (χ0v) is 12.4. The van der Waals surface area contributed by atoms with E-state index in [-0.39, 0.29) is 6.04 Å². The fraction of sp³-hybridized carbons (Fsp3) is 0.333. The Kier molecular flexibility index (Phi) is 4.06. The van der Waals surface area contributed by atoms with Crippen LogP contribution in [0.1, 0.15) is 24.0 Å². The molecule has 1 saturated heterocycles. The molecule has 3 heteroatoms. The number of methoxy groups -OCH3 is 1. The normalized spacial score (nSPS) is 19.8. The Morgan fingerprint density at radius 1 is 1.00 bits per heavy atom. The molecule has 0 bridgehead atoms. The van der Waals surface area contributed by atoms with E-state index in [1.54, 1.807) is 7.11 Å². The Bertz CT molecular complexity index is 531. The van der Waals surface area contributed by atoms with Crippen LogP contribution in [0.25, 0.3) is 0 Å². The van der Waals surface area contributed by atoms with Crippen LogP contribution >= 0.6 is 0 Å². The third-order valence-corrected chi connectivity index (χ3v) is 4.49. The summed E-state index contributed by atoms with van der Waals surface area (Å²) in [7, 11) is 1.78. The first-order valence-electron chi connectivity index (χ1n) is 7.46. The van der Waals surface area contributed by atoms with Crippen LogP contribution in [0.5, 0.6) is 0 Å². The van der Waals surface area contributed by atoms with Gasteiger partial charge in [-0.2, -0.15) is 0 Å². The van der Waals surface area contributed by atoms with Crippen LogP contribution in [0.4, 0.5) is 0 Å². The van der Waals surface area contributed by atoms with E-state index in [2.05, 4.69) is 48.5 Å². The van der Waals surface area contributed by atoms with Gasteiger partial charge in [0.2, 0.25) is 0 Å². The molecule has 3 rings (SSSR count). The maximum absolute atomic E-state index is 6.27. The minimum absolute atomic E-state index is 0.146. The molecule has 1 atom stereocenters. The third-order valence-electron chi connectivity index (χ3n) is 4.49. The van der Waals surface area contributed by atoms with Gasteiger partial charge in [-0.3, -0.25) is 5.84 Å². The molecule has 0 unspecified atom stereocenters. The predicted molar refractivity (Wildman–Crippen MR) is 84.6 cm³/mol. The lowest BCUT2D eigenvalue weighted by Gasteiger charge is -2.41. The van der Waals surface area contributed by atoms with Crippen LogP contribution in [0.2, 0.25) is 0 Å². The molecule has 110 valence electrons. The molecular formula is C18H22N2O. The van der Waals surface area contributed by atoms with Gasteiger partial charge in [0.15, 0.2) is 0 Å². The predicted octanol–water partition coefficient (Wildman–Crippen LogP) is 2.91. The SMILES string of the molecule is COC(c1ccccc1)(c1ccccc1)[C@@H]1CCCN1N. The number of hydrogen-bond donors (Lipinski definition) is 1. The highest BCUT2D eigenvalue weighted by Gasteiger charge is 2.46. The summed E-state index contributed by atoms with van der Waals surface area (Å²) in [6.07, 6.45) is 2.14. The first-order valence-corrected chi connectivity index (χ1v) is 7.46. The van der Waals surface area contributed by atoms with E-state index in [0.29, 0.717) is 0 Å². The van der Waals surface area contributed by atoms with Crippen molar-refractivity contribution in [3.8, 4) is 0 Å². The Hall–Kier alpha value is -1.68. The minimum atomic E-state index is -0.520. The zero-order chi connectivity index (χ0) is 14.7. The smallest absolute Gasteiger partial charge is 0.134 e. The van der Waals surface area contributed by atoms with Gasteiger partial charge in [-0.05, 0) is 24.0 Å². The second-order valence-corrected chi connectivity index (χ2v) is 5.57. The van der Waals surface area contributed by atoms with Crippen LogP contribution in [-0.4, -0.2) is 24.7 Å². The monoisotopic (exact) mass is 282 g/mol. The number of rotatable bonds is 4. The van der Waals surface area contributed by atoms with Gasteiger partial charge in [-0.15, -0.1) is 0 Å². The zero-order valence-electron chi connectivity index (χ0n) is 12.4. The Labute approximate surface area is 126 Å². The summed E-state index contributed by atoms with van der Waals surface area (Å²) in [4.78, 5) is 0. The number of hydrogen-bond acceptors (Lipinski definition) is 3. The van der Waals surface area contributed by atoms with Gasteiger partial charge < -0.3 is 4.74 Å². The molecule has 0 saturated carbocycles. The summed E-state index contributed by atoms with van der Waals surface area (Å²) in [6, 6.07) is 20.9. The van der Waals surface area contributed by atoms with Gasteiger partial charge in [0.05, 0.1) is 6.04 Å². The topological polar surface area (TPSA) is 38.5 Å². The van der Waals surface area contributed by atoms with E-state index in [0.717, 1.165) is 30.5 Å². The van der Waals surface area contributed by atoms with E-state index in [9.17, 15) is 0 Å². The number of ether oxygens (including phenoxy) is 1. The van der Waals surface area contributed by atoms with Crippen LogP contribution in [0, 0.1) is 0 Å². The summed E-state index contributed by atoms with van der Waals surface area (Å²) in [5.74, 6) is 6.27. The molecule has 21 heavy (non-hydrogen) atoms. The third kappa shape index (κ3) is 2.38. The number of hydrazine groups is 1. The van der Waals surface area contributed by atoms with E-state index in [1.807, 2.05) is 17.1 Å². The molecule has 0 aromatic heterocycles. The molecule has 3 nitrogen and oxygen atoms in total. The Balaban J connectivity index is 2.18. The van der Waals surface area contributed by atoms with E-state index >= 15 is 0 Å². The lowest BCUT2D eigenvalue weighted by Crippen LogP contribution is -2.52. The highest BCUT2D eigenvalue weighted by atomic mass is 16.5. The van der Waals surface area contributed by atoms with Gasteiger partial charge in [0.1, 0.15) is 5.60 Å². The van der Waals surface area contributed by atoms with Crippen LogP contribution in [0.3, 0.4) is 0 Å². The molecule has 2 aromatic rings. The van der Waals surface area contributed by atoms with Crippen molar-refractivity contribution in [2.24, 2.45) is 5.84 Å². The van der Waals surface area contributed by atoms with Crippen molar-refractivity contribution in [2.45, 2.75) is 24.5 Å². The van der Waals surface area contributed by atoms with Crippen molar-refractivity contribution in [3.05, 3.63) is 71.8 Å². The molecule has 0 spiro atoms. The van der Waals surface area contributed by atoms with Gasteiger partial charge in [0.25, 0.3) is 0 Å². The fourth-order valence-electron chi connectivity index (χ4n) is 3.52. The average Bonchev–Trinajstić information content (AvgIpc) is 2.98. The number of nitrogens with zero attached hydrogens (tertiary/aromatic N) is 1. The fourth-order valence-corrected chi connectivity index (χ4v) is 3.52. The van der Waals surface area contributed by atoms with Gasteiger partial charge in [0, 0.05) is 13.7 Å². The molecule has 0 aliphatic carbocycles. The molecular weight excluding hydrogens is 260 g/mol. The molecule has 2 N–H and O–H groups in total. The van der Waals surface area contributed by atoms with Crippen molar-refractivity contribution >= 4 is 0 Å². The van der Waals surface area contributed by atoms with Crippen molar-refractivity contribution in [2.75, 3.05) is 13.7 Å². The second-order valence-electron chi connectivity index (χ2n) is 5.57. The number of nitrogens with two attached hydrogens (primary N) is 1. The van der Waals surface area contributed by atoms with Crippen LogP contribution in [-0.2, 0) is 10.3 Å². The summed E-state index contributed by atoms with van der Waals surface area (Å²) in [5.41, 5.74) is 1.79. The highest BCUT2D eigenvalue weighted by molar-refractivity contribution is 5.39. The summed E-state index contributed by atoms with van der Waals surface area (Å²) < 4.78 is 6.14. The number of benzene rings is 2. The highest BCUT2D eigenvalue weighted by Crippen LogP contribution is 2.41. The maximum Gasteiger partial charge on any atom is 0.134 e. The van der Waals surface area contributed by atoms with Crippen molar-refractivity contribution in [1.82, 2.24) is 5.01 Å². The molecule has 0 amide bonds. The average molecular weight is 282 g/mol.